The van der Waals surface area contributed by atoms with E-state index in [0.717, 1.165) is 31.5 Å². The van der Waals surface area contributed by atoms with Crippen molar-refractivity contribution >= 4 is 11.5 Å². The van der Waals surface area contributed by atoms with E-state index in [9.17, 15) is 4.79 Å². The maximum absolute atomic E-state index is 11.6. The number of aliphatic hydroxyl groups excluding tert-OH is 1. The highest BCUT2D eigenvalue weighted by molar-refractivity contribution is 5.99. The van der Waals surface area contributed by atoms with E-state index in [-0.39, 0.29) is 17.8 Å². The van der Waals surface area contributed by atoms with Crippen molar-refractivity contribution in [3.05, 3.63) is 29.3 Å². The van der Waals surface area contributed by atoms with E-state index in [1.807, 2.05) is 0 Å². The number of hydrogen-bond acceptors (Lipinski definition) is 4. The van der Waals surface area contributed by atoms with Gasteiger partial charge in [-0.1, -0.05) is 0 Å². The first-order valence-electron chi connectivity index (χ1n) is 6.50. The van der Waals surface area contributed by atoms with Gasteiger partial charge >= 0.3 is 0 Å². The second-order valence-corrected chi connectivity index (χ2v) is 5.26. The minimum Gasteiger partial charge on any atom is -0.396 e. The number of anilines is 1. The number of nitrogens with zero attached hydrogens (tertiary/aromatic N) is 1. The summed E-state index contributed by atoms with van der Waals surface area (Å²) in [5, 5.41) is 21.2. The number of Topliss-reactive ketones (excluding diaryl/α,β-unsaturated/α-hetero) is 1. The number of rotatable bonds is 6. The molecule has 0 bridgehead atoms. The molecule has 1 aliphatic carbocycles. The van der Waals surface area contributed by atoms with Crippen LogP contribution in [0.3, 0.4) is 0 Å². The molecule has 0 aromatic heterocycles. The van der Waals surface area contributed by atoms with Crippen LogP contribution in [-0.4, -0.2) is 24.0 Å². The van der Waals surface area contributed by atoms with Gasteiger partial charge in [-0.2, -0.15) is 5.26 Å². The Labute approximate surface area is 113 Å². The van der Waals surface area contributed by atoms with Crippen molar-refractivity contribution in [2.75, 3.05) is 18.5 Å². The number of benzene rings is 1. The summed E-state index contributed by atoms with van der Waals surface area (Å²) in [5.41, 5.74) is 2.04. The van der Waals surface area contributed by atoms with Gasteiger partial charge in [0.25, 0.3) is 0 Å². The second kappa shape index (κ2) is 5.41. The molecule has 0 aliphatic heterocycles. The Morgan fingerprint density at radius 3 is 2.79 bits per heavy atom. The van der Waals surface area contributed by atoms with Crippen LogP contribution < -0.4 is 5.32 Å². The summed E-state index contributed by atoms with van der Waals surface area (Å²) in [6.07, 6.45) is 3.00. The Morgan fingerprint density at radius 1 is 1.53 bits per heavy atom. The standard InChI is InChI=1S/C15H18N2O2/c1-11(19)13-3-2-12(9-16)8-14(13)17-10-15(4-5-15)6-7-18/h2-3,8,17-18H,4-7,10H2,1H3. The van der Waals surface area contributed by atoms with Crippen LogP contribution in [0.5, 0.6) is 0 Å². The molecule has 2 N–H and O–H groups in total. The van der Waals surface area contributed by atoms with Gasteiger partial charge in [0.05, 0.1) is 11.6 Å². The van der Waals surface area contributed by atoms with Gasteiger partial charge in [0.1, 0.15) is 0 Å². The summed E-state index contributed by atoms with van der Waals surface area (Å²) in [7, 11) is 0. The molecule has 0 amide bonds. The first-order valence-corrected chi connectivity index (χ1v) is 6.50. The van der Waals surface area contributed by atoms with Crippen molar-refractivity contribution in [3.8, 4) is 6.07 Å². The van der Waals surface area contributed by atoms with Crippen molar-refractivity contribution in [1.82, 2.24) is 0 Å². The normalized spacial score (nSPS) is 15.6. The largest absolute Gasteiger partial charge is 0.396 e. The summed E-state index contributed by atoms with van der Waals surface area (Å²) in [4.78, 5) is 11.6. The molecule has 2 rings (SSSR count). The van der Waals surface area contributed by atoms with Crippen LogP contribution in [-0.2, 0) is 0 Å². The Morgan fingerprint density at radius 2 is 2.26 bits per heavy atom. The van der Waals surface area contributed by atoms with Crippen LogP contribution in [0.25, 0.3) is 0 Å². The molecule has 1 saturated carbocycles. The highest BCUT2D eigenvalue weighted by Gasteiger charge is 2.41. The third-order valence-corrected chi connectivity index (χ3v) is 3.78. The van der Waals surface area contributed by atoms with Crippen molar-refractivity contribution in [1.29, 1.82) is 5.26 Å². The van der Waals surface area contributed by atoms with Crippen LogP contribution >= 0.6 is 0 Å². The van der Waals surface area contributed by atoms with Gasteiger partial charge < -0.3 is 10.4 Å². The zero-order valence-corrected chi connectivity index (χ0v) is 11.1. The average Bonchev–Trinajstić information content (AvgIpc) is 3.16. The van der Waals surface area contributed by atoms with Crippen LogP contribution in [0.1, 0.15) is 42.1 Å². The lowest BCUT2D eigenvalue weighted by Crippen LogP contribution is -2.18. The maximum atomic E-state index is 11.6. The molecule has 0 atom stereocenters. The maximum Gasteiger partial charge on any atom is 0.161 e. The molecular weight excluding hydrogens is 240 g/mol. The lowest BCUT2D eigenvalue weighted by Gasteiger charge is -2.17. The van der Waals surface area contributed by atoms with Crippen LogP contribution in [0, 0.1) is 16.7 Å². The Kier molecular flexibility index (Phi) is 3.87. The van der Waals surface area contributed by atoms with E-state index in [2.05, 4.69) is 11.4 Å². The third-order valence-electron chi connectivity index (χ3n) is 3.78. The van der Waals surface area contributed by atoms with Crippen LogP contribution in [0.2, 0.25) is 0 Å². The van der Waals surface area contributed by atoms with E-state index in [0.29, 0.717) is 11.1 Å². The predicted molar refractivity (Wildman–Crippen MR) is 73.0 cm³/mol. The van der Waals surface area contributed by atoms with Gasteiger partial charge in [-0.05, 0) is 49.8 Å². The molecule has 100 valence electrons. The lowest BCUT2D eigenvalue weighted by molar-refractivity contribution is 0.101. The fourth-order valence-electron chi connectivity index (χ4n) is 2.28. The minimum atomic E-state index is -0.0148. The van der Waals surface area contributed by atoms with Crippen LogP contribution in [0.4, 0.5) is 5.69 Å². The molecule has 0 radical (unpaired) electrons. The number of hydrogen-bond donors (Lipinski definition) is 2. The topological polar surface area (TPSA) is 73.1 Å². The van der Waals surface area contributed by atoms with Crippen molar-refractivity contribution in [2.24, 2.45) is 5.41 Å². The van der Waals surface area contributed by atoms with Gasteiger partial charge in [-0.3, -0.25) is 4.79 Å². The smallest absolute Gasteiger partial charge is 0.161 e. The quantitative estimate of drug-likeness (QED) is 0.768. The molecule has 1 fully saturated rings. The minimum absolute atomic E-state index is 0.0148. The first-order chi connectivity index (χ1) is 9.10. The Bertz CT molecular complexity index is 527. The monoisotopic (exact) mass is 258 g/mol. The van der Waals surface area contributed by atoms with Crippen molar-refractivity contribution in [3.63, 3.8) is 0 Å². The van der Waals surface area contributed by atoms with E-state index >= 15 is 0 Å². The van der Waals surface area contributed by atoms with Crippen molar-refractivity contribution < 1.29 is 9.90 Å². The first kappa shape index (κ1) is 13.6. The summed E-state index contributed by atoms with van der Waals surface area (Å²) in [6.45, 7) is 2.45. The van der Waals surface area contributed by atoms with Gasteiger partial charge in [0.2, 0.25) is 0 Å². The fourth-order valence-corrected chi connectivity index (χ4v) is 2.28. The summed E-state index contributed by atoms with van der Waals surface area (Å²) < 4.78 is 0. The molecule has 0 heterocycles. The highest BCUT2D eigenvalue weighted by atomic mass is 16.3. The Balaban J connectivity index is 2.14. The van der Waals surface area contributed by atoms with Gasteiger partial charge in [0.15, 0.2) is 5.78 Å². The zero-order valence-electron chi connectivity index (χ0n) is 11.1. The predicted octanol–water partition coefficient (Wildman–Crippen LogP) is 2.34. The summed E-state index contributed by atoms with van der Waals surface area (Å²) in [5.74, 6) is -0.0148. The summed E-state index contributed by atoms with van der Waals surface area (Å²) >= 11 is 0. The number of nitrogens with one attached hydrogen (secondary N) is 1. The van der Waals surface area contributed by atoms with Gasteiger partial charge in [0, 0.05) is 24.4 Å². The van der Waals surface area contributed by atoms with E-state index in [1.54, 1.807) is 18.2 Å². The highest BCUT2D eigenvalue weighted by Crippen LogP contribution is 2.48. The number of carbonyl (C=O) groups is 1. The summed E-state index contributed by atoms with van der Waals surface area (Å²) in [6, 6.07) is 7.14. The third kappa shape index (κ3) is 3.12. The number of ketones is 1. The number of carbonyl (C=O) groups excluding carboxylic acids is 1. The molecule has 0 saturated heterocycles. The molecule has 19 heavy (non-hydrogen) atoms. The SMILES string of the molecule is CC(=O)c1ccc(C#N)cc1NCC1(CCO)CC1. The average molecular weight is 258 g/mol. The fraction of sp³-hybridized carbons (Fsp3) is 0.467. The second-order valence-electron chi connectivity index (χ2n) is 5.26. The molecule has 1 aliphatic rings. The molecule has 1 aromatic carbocycles. The molecule has 0 unspecified atom stereocenters. The molecular formula is C15H18N2O2. The van der Waals surface area contributed by atoms with E-state index in [4.69, 9.17) is 10.4 Å². The van der Waals surface area contributed by atoms with Crippen molar-refractivity contribution in [2.45, 2.75) is 26.2 Å². The zero-order chi connectivity index (χ0) is 13.9. The lowest BCUT2D eigenvalue weighted by atomic mass is 10.0. The molecule has 4 nitrogen and oxygen atoms in total. The molecule has 0 spiro atoms. The number of aliphatic hydroxyl groups is 1. The number of nitriles is 1. The van der Waals surface area contributed by atoms with Gasteiger partial charge in [-0.15, -0.1) is 0 Å². The molecule has 4 heteroatoms. The Hall–Kier alpha value is -1.86. The van der Waals surface area contributed by atoms with E-state index in [1.165, 1.54) is 6.92 Å². The van der Waals surface area contributed by atoms with E-state index < -0.39 is 0 Å². The van der Waals surface area contributed by atoms with Crippen LogP contribution in [0.15, 0.2) is 18.2 Å². The van der Waals surface area contributed by atoms with Gasteiger partial charge in [-0.25, -0.2) is 0 Å². The molecule has 1 aromatic rings.